The summed E-state index contributed by atoms with van der Waals surface area (Å²) < 4.78 is 5.03. The summed E-state index contributed by atoms with van der Waals surface area (Å²) in [5.74, 6) is -0.750. The molecule has 0 aliphatic carbocycles. The van der Waals surface area contributed by atoms with Crippen molar-refractivity contribution in [1.29, 1.82) is 0 Å². The van der Waals surface area contributed by atoms with Crippen molar-refractivity contribution < 1.29 is 44.2 Å². The third kappa shape index (κ3) is 7.98. The average molecular weight is 347 g/mol. The average Bonchev–Trinajstić information content (AvgIpc) is 2.58. The van der Waals surface area contributed by atoms with E-state index in [4.69, 9.17) is 4.74 Å². The molecular weight excluding hydrogens is 329 g/mol. The van der Waals surface area contributed by atoms with Gasteiger partial charge in [-0.1, -0.05) is 41.6 Å². The van der Waals surface area contributed by atoms with E-state index >= 15 is 0 Å². The van der Waals surface area contributed by atoms with E-state index in [1.807, 2.05) is 62.6 Å². The van der Waals surface area contributed by atoms with Crippen molar-refractivity contribution in [2.75, 3.05) is 20.7 Å². The van der Waals surface area contributed by atoms with E-state index in [0.717, 1.165) is 16.8 Å². The summed E-state index contributed by atoms with van der Waals surface area (Å²) in [5, 5.41) is 20.0. The van der Waals surface area contributed by atoms with Gasteiger partial charge in [-0.15, -0.1) is 5.11 Å². The van der Waals surface area contributed by atoms with Crippen LogP contribution in [0.5, 0.6) is 5.75 Å². The first-order valence-electron chi connectivity index (χ1n) is 7.33. The topological polar surface area (TPSA) is 77.3 Å². The second-order valence-corrected chi connectivity index (χ2v) is 5.19. The van der Waals surface area contributed by atoms with E-state index in [0.29, 0.717) is 5.75 Å². The predicted molar refractivity (Wildman–Crippen MR) is 90.5 cm³/mol. The van der Waals surface area contributed by atoms with Crippen LogP contribution in [0.1, 0.15) is 11.1 Å². The number of carboxylic acid groups (broad SMARTS) is 1. The standard InChI is InChI=1S/C18H19N3O3.Na/c1-21(2)20-19-16-9-5-14(6-10-16)3-4-15-7-11-17(12-8-15)24-13-18(22)23;/h3-12H,13H2,1-2H3,(H,22,23);/q;+1/p-1/b4-3-,20-19?;. The second-order valence-electron chi connectivity index (χ2n) is 5.19. The predicted octanol–water partition coefficient (Wildman–Crippen LogP) is -0.450. The quantitative estimate of drug-likeness (QED) is 0.294. The smallest absolute Gasteiger partial charge is 0.546 e. The number of hydrogen-bond acceptors (Lipinski definition) is 5. The molecule has 124 valence electrons. The van der Waals surface area contributed by atoms with Gasteiger partial charge in [-0.2, -0.15) is 0 Å². The van der Waals surface area contributed by atoms with Crippen LogP contribution in [-0.4, -0.2) is 31.7 Å². The molecule has 0 bridgehead atoms. The van der Waals surface area contributed by atoms with Crippen molar-refractivity contribution in [3.8, 4) is 5.75 Å². The maximum atomic E-state index is 10.3. The monoisotopic (exact) mass is 347 g/mol. The molecule has 0 amide bonds. The van der Waals surface area contributed by atoms with Gasteiger partial charge in [-0.05, 0) is 35.4 Å². The number of carbonyl (C=O) groups is 1. The van der Waals surface area contributed by atoms with Gasteiger partial charge in [0.2, 0.25) is 0 Å². The number of ether oxygens (including phenoxy) is 1. The van der Waals surface area contributed by atoms with Crippen LogP contribution in [0.2, 0.25) is 0 Å². The Balaban J connectivity index is 0.00000312. The number of aliphatic carboxylic acids is 1. The molecule has 7 heteroatoms. The summed E-state index contributed by atoms with van der Waals surface area (Å²) in [6, 6.07) is 14.8. The third-order valence-corrected chi connectivity index (χ3v) is 2.94. The molecule has 0 aliphatic heterocycles. The Morgan fingerprint density at radius 3 is 2.04 bits per heavy atom. The summed E-state index contributed by atoms with van der Waals surface area (Å²) in [5.41, 5.74) is 2.80. The minimum Gasteiger partial charge on any atom is -0.546 e. The van der Waals surface area contributed by atoms with E-state index in [1.54, 1.807) is 17.1 Å². The third-order valence-electron chi connectivity index (χ3n) is 2.94. The Hall–Kier alpha value is -2.15. The fourth-order valence-corrected chi connectivity index (χ4v) is 1.80. The SMILES string of the molecule is CN(C)N=Nc1ccc(/C=C\c2ccc(OCC(=O)[O-])cc2)cc1.[Na+]. The van der Waals surface area contributed by atoms with Gasteiger partial charge in [0.15, 0.2) is 0 Å². The van der Waals surface area contributed by atoms with E-state index in [1.165, 1.54) is 0 Å². The summed E-state index contributed by atoms with van der Waals surface area (Å²) in [6.45, 7) is -0.452. The van der Waals surface area contributed by atoms with Crippen LogP contribution in [0.25, 0.3) is 12.2 Å². The van der Waals surface area contributed by atoms with E-state index < -0.39 is 12.6 Å². The second kappa shape index (κ2) is 10.7. The molecule has 0 spiro atoms. The van der Waals surface area contributed by atoms with Gasteiger partial charge < -0.3 is 14.6 Å². The molecule has 0 saturated carbocycles. The molecule has 0 N–H and O–H groups in total. The van der Waals surface area contributed by atoms with Crippen LogP contribution >= 0.6 is 0 Å². The number of carbonyl (C=O) groups excluding carboxylic acids is 1. The molecule has 0 fully saturated rings. The molecule has 2 aromatic rings. The molecule has 2 rings (SSSR count). The van der Waals surface area contributed by atoms with Crippen LogP contribution in [-0.2, 0) is 4.79 Å². The van der Waals surface area contributed by atoms with Crippen LogP contribution in [0.4, 0.5) is 5.69 Å². The van der Waals surface area contributed by atoms with Crippen LogP contribution in [0, 0.1) is 0 Å². The number of carboxylic acids is 1. The van der Waals surface area contributed by atoms with Crippen molar-refractivity contribution in [3.05, 3.63) is 59.7 Å². The zero-order chi connectivity index (χ0) is 17.4. The molecule has 0 aromatic heterocycles. The first-order valence-corrected chi connectivity index (χ1v) is 7.33. The van der Waals surface area contributed by atoms with Crippen molar-refractivity contribution in [1.82, 2.24) is 5.01 Å². The molecule has 0 aliphatic rings. The van der Waals surface area contributed by atoms with E-state index in [9.17, 15) is 9.90 Å². The maximum Gasteiger partial charge on any atom is 1.00 e. The van der Waals surface area contributed by atoms with Crippen molar-refractivity contribution in [2.24, 2.45) is 10.3 Å². The fourth-order valence-electron chi connectivity index (χ4n) is 1.80. The zero-order valence-corrected chi connectivity index (χ0v) is 16.5. The number of rotatable bonds is 7. The largest absolute Gasteiger partial charge is 1.00 e. The number of hydrogen-bond donors (Lipinski definition) is 0. The van der Waals surface area contributed by atoms with Crippen molar-refractivity contribution in [2.45, 2.75) is 0 Å². The van der Waals surface area contributed by atoms with Crippen molar-refractivity contribution in [3.63, 3.8) is 0 Å². The molecule has 6 nitrogen and oxygen atoms in total. The van der Waals surface area contributed by atoms with Crippen LogP contribution in [0.15, 0.2) is 58.9 Å². The minimum absolute atomic E-state index is 0. The summed E-state index contributed by atoms with van der Waals surface area (Å²) >= 11 is 0. The Kier molecular flexibility index (Phi) is 8.91. The number of benzene rings is 2. The Bertz CT molecular complexity index is 726. The van der Waals surface area contributed by atoms with Crippen LogP contribution < -0.4 is 39.4 Å². The Morgan fingerprint density at radius 1 is 1.04 bits per heavy atom. The Morgan fingerprint density at radius 2 is 1.56 bits per heavy atom. The van der Waals surface area contributed by atoms with E-state index in [-0.39, 0.29) is 29.6 Å². The van der Waals surface area contributed by atoms with Gasteiger partial charge in [0.1, 0.15) is 12.4 Å². The normalized spacial score (nSPS) is 10.6. The molecule has 25 heavy (non-hydrogen) atoms. The number of nitrogens with zero attached hydrogens (tertiary/aromatic N) is 3. The van der Waals surface area contributed by atoms with Crippen molar-refractivity contribution >= 4 is 23.8 Å². The first kappa shape index (κ1) is 20.9. The van der Waals surface area contributed by atoms with Gasteiger partial charge in [0, 0.05) is 14.1 Å². The van der Waals surface area contributed by atoms with Gasteiger partial charge >= 0.3 is 29.6 Å². The molecule has 0 radical (unpaired) electrons. The summed E-state index contributed by atoms with van der Waals surface area (Å²) in [6.07, 6.45) is 3.93. The van der Waals surface area contributed by atoms with Crippen LogP contribution in [0.3, 0.4) is 0 Å². The van der Waals surface area contributed by atoms with Gasteiger partial charge in [-0.25, -0.2) is 0 Å². The molecule has 2 aromatic carbocycles. The minimum atomic E-state index is -1.24. The summed E-state index contributed by atoms with van der Waals surface area (Å²) in [4.78, 5) is 10.3. The van der Waals surface area contributed by atoms with Gasteiger partial charge in [0.25, 0.3) is 0 Å². The first-order chi connectivity index (χ1) is 11.5. The Labute approximate surface area is 169 Å². The maximum absolute atomic E-state index is 10.3. The van der Waals surface area contributed by atoms with Gasteiger partial charge in [-0.3, -0.25) is 5.01 Å². The van der Waals surface area contributed by atoms with E-state index in [2.05, 4.69) is 10.3 Å². The zero-order valence-electron chi connectivity index (χ0n) is 14.5. The fraction of sp³-hybridized carbons (Fsp3) is 0.167. The van der Waals surface area contributed by atoms with Gasteiger partial charge in [0.05, 0.1) is 11.7 Å². The molecule has 0 heterocycles. The molecule has 0 atom stereocenters. The molecular formula is C18H18N3NaO3. The molecule has 0 saturated heterocycles. The molecule has 0 unspecified atom stereocenters. The summed E-state index contributed by atoms with van der Waals surface area (Å²) in [7, 11) is 3.63.